The van der Waals surface area contributed by atoms with Crippen molar-refractivity contribution in [3.05, 3.63) is 65.5 Å². The number of hydrogen-bond donors (Lipinski definition) is 2. The second-order valence-corrected chi connectivity index (χ2v) is 8.63. The zero-order valence-corrected chi connectivity index (χ0v) is 21.7. The normalized spacial score (nSPS) is 12.1. The molecule has 39 heavy (non-hydrogen) atoms. The van der Waals surface area contributed by atoms with E-state index in [1.54, 1.807) is 43.3 Å². The topological polar surface area (TPSA) is 97.3 Å². The Hall–Kier alpha value is -3.38. The number of amides is 2. The van der Waals surface area contributed by atoms with Crippen molar-refractivity contribution < 1.29 is 46.5 Å². The highest BCUT2D eigenvalue weighted by Crippen LogP contribution is 2.15. The molecular weight excluding hydrogens is 524 g/mol. The number of carboxylic acid groups (broad SMARTS) is 1. The first-order valence-electron chi connectivity index (χ1n) is 12.5. The molecular formula is C27H34F4N2O6. The van der Waals surface area contributed by atoms with Crippen LogP contribution in [0.1, 0.15) is 30.9 Å². The minimum atomic E-state index is -4.53. The van der Waals surface area contributed by atoms with E-state index in [1.165, 1.54) is 17.0 Å². The highest BCUT2D eigenvalue weighted by atomic mass is 19.4. The van der Waals surface area contributed by atoms with Gasteiger partial charge in [-0.2, -0.15) is 13.2 Å². The number of nitrogens with one attached hydrogen (secondary N) is 1. The van der Waals surface area contributed by atoms with Crippen molar-refractivity contribution in [2.24, 2.45) is 0 Å². The number of hydrogen-bond acceptors (Lipinski definition) is 5. The Bertz CT molecular complexity index is 1000. The van der Waals surface area contributed by atoms with E-state index in [0.29, 0.717) is 31.8 Å². The number of carbonyl (C=O) groups is 2. The van der Waals surface area contributed by atoms with Crippen LogP contribution in [-0.2, 0) is 27.3 Å². The molecule has 0 spiro atoms. The summed E-state index contributed by atoms with van der Waals surface area (Å²) in [5, 5.41) is 11.1. The van der Waals surface area contributed by atoms with E-state index in [9.17, 15) is 32.3 Å². The number of urea groups is 1. The Morgan fingerprint density at radius 1 is 0.974 bits per heavy atom. The molecule has 0 fully saturated rings. The number of benzene rings is 2. The molecule has 2 amide bonds. The standard InChI is InChI=1S/C27H34F4N2O6/c1-2-38-24(25(34)35)17-20-7-11-23(12-8-20)39-16-14-33(26(36)32-19-27(29,30)31)13-3-4-15-37-18-21-5-9-22(28)10-6-21/h5-12,24H,2-4,13-19H2,1H3,(H,32,36)(H,34,35). The van der Waals surface area contributed by atoms with Crippen LogP contribution in [0.5, 0.6) is 5.75 Å². The predicted molar refractivity (Wildman–Crippen MR) is 135 cm³/mol. The molecule has 2 N–H and O–H groups in total. The predicted octanol–water partition coefficient (Wildman–Crippen LogP) is 4.81. The number of carboxylic acids is 1. The van der Waals surface area contributed by atoms with Crippen LogP contribution in [0.3, 0.4) is 0 Å². The Morgan fingerprint density at radius 3 is 2.26 bits per heavy atom. The fourth-order valence-electron chi connectivity index (χ4n) is 3.51. The van der Waals surface area contributed by atoms with Gasteiger partial charge in [-0.05, 0) is 55.2 Å². The van der Waals surface area contributed by atoms with Gasteiger partial charge in [0.05, 0.1) is 13.2 Å². The lowest BCUT2D eigenvalue weighted by molar-refractivity contribution is -0.150. The average molecular weight is 559 g/mol. The largest absolute Gasteiger partial charge is 0.492 e. The first-order chi connectivity index (χ1) is 18.6. The van der Waals surface area contributed by atoms with E-state index in [2.05, 4.69) is 0 Å². The van der Waals surface area contributed by atoms with Crippen molar-refractivity contribution >= 4 is 12.0 Å². The second kappa shape index (κ2) is 16.6. The van der Waals surface area contributed by atoms with Gasteiger partial charge in [0.2, 0.25) is 0 Å². The van der Waals surface area contributed by atoms with Gasteiger partial charge in [0.15, 0.2) is 6.10 Å². The van der Waals surface area contributed by atoms with Gasteiger partial charge in [0.1, 0.15) is 24.7 Å². The van der Waals surface area contributed by atoms with E-state index in [-0.39, 0.29) is 38.5 Å². The van der Waals surface area contributed by atoms with Gasteiger partial charge in [-0.25, -0.2) is 14.0 Å². The Kier molecular flexibility index (Phi) is 13.5. The quantitative estimate of drug-likeness (QED) is 0.214. The maximum Gasteiger partial charge on any atom is 0.405 e. The third-order valence-electron chi connectivity index (χ3n) is 5.49. The van der Waals surface area contributed by atoms with Gasteiger partial charge in [-0.15, -0.1) is 0 Å². The Labute approximate surface area is 224 Å². The van der Waals surface area contributed by atoms with Gasteiger partial charge >= 0.3 is 18.2 Å². The van der Waals surface area contributed by atoms with Crippen LogP contribution in [-0.4, -0.2) is 73.7 Å². The molecule has 1 atom stereocenters. The van der Waals surface area contributed by atoms with Gasteiger partial charge in [0, 0.05) is 26.2 Å². The summed E-state index contributed by atoms with van der Waals surface area (Å²) in [6.45, 7) is 1.49. The summed E-state index contributed by atoms with van der Waals surface area (Å²) in [6, 6.07) is 11.7. The fourth-order valence-corrected chi connectivity index (χ4v) is 3.51. The smallest absolute Gasteiger partial charge is 0.405 e. The monoisotopic (exact) mass is 558 g/mol. The molecule has 0 aliphatic heterocycles. The second-order valence-electron chi connectivity index (χ2n) is 8.63. The molecule has 0 heterocycles. The minimum absolute atomic E-state index is 0.0382. The zero-order chi connectivity index (χ0) is 28.7. The summed E-state index contributed by atoms with van der Waals surface area (Å²) < 4.78 is 67.1. The third kappa shape index (κ3) is 13.3. The molecule has 0 aliphatic rings. The van der Waals surface area contributed by atoms with Crippen LogP contribution in [0.4, 0.5) is 22.4 Å². The molecule has 0 saturated heterocycles. The fraction of sp³-hybridized carbons (Fsp3) is 0.481. The Morgan fingerprint density at radius 2 is 1.64 bits per heavy atom. The van der Waals surface area contributed by atoms with Gasteiger partial charge < -0.3 is 29.5 Å². The number of aliphatic carboxylic acids is 1. The number of unbranched alkanes of at least 4 members (excludes halogenated alkanes) is 1. The third-order valence-corrected chi connectivity index (χ3v) is 5.49. The number of carbonyl (C=O) groups excluding carboxylic acids is 1. The number of alkyl halides is 3. The Balaban J connectivity index is 1.80. The van der Waals surface area contributed by atoms with Crippen molar-refractivity contribution in [1.82, 2.24) is 10.2 Å². The minimum Gasteiger partial charge on any atom is -0.492 e. The maximum absolute atomic E-state index is 13.0. The van der Waals surface area contributed by atoms with E-state index in [4.69, 9.17) is 14.2 Å². The number of nitrogens with zero attached hydrogens (tertiary/aromatic N) is 1. The van der Waals surface area contributed by atoms with E-state index in [1.807, 2.05) is 5.32 Å². The van der Waals surface area contributed by atoms with Crippen LogP contribution in [0.25, 0.3) is 0 Å². The summed E-state index contributed by atoms with van der Waals surface area (Å²) in [4.78, 5) is 24.9. The van der Waals surface area contributed by atoms with Gasteiger partial charge in [-0.1, -0.05) is 24.3 Å². The van der Waals surface area contributed by atoms with Crippen molar-refractivity contribution in [3.8, 4) is 5.75 Å². The molecule has 2 rings (SSSR count). The molecule has 0 radical (unpaired) electrons. The maximum atomic E-state index is 13.0. The van der Waals surface area contributed by atoms with E-state index >= 15 is 0 Å². The molecule has 2 aromatic carbocycles. The lowest BCUT2D eigenvalue weighted by atomic mass is 10.1. The lowest BCUT2D eigenvalue weighted by Crippen LogP contribution is -2.45. The highest BCUT2D eigenvalue weighted by Gasteiger charge is 2.28. The van der Waals surface area contributed by atoms with Crippen molar-refractivity contribution in [3.63, 3.8) is 0 Å². The molecule has 1 unspecified atom stereocenters. The molecule has 0 bridgehead atoms. The van der Waals surface area contributed by atoms with Crippen LogP contribution < -0.4 is 10.1 Å². The van der Waals surface area contributed by atoms with Crippen LogP contribution in [0.15, 0.2) is 48.5 Å². The van der Waals surface area contributed by atoms with E-state index < -0.39 is 30.8 Å². The van der Waals surface area contributed by atoms with Crippen LogP contribution >= 0.6 is 0 Å². The van der Waals surface area contributed by atoms with Gasteiger partial charge in [0.25, 0.3) is 0 Å². The summed E-state index contributed by atoms with van der Waals surface area (Å²) in [5.74, 6) is -0.928. The van der Waals surface area contributed by atoms with Gasteiger partial charge in [-0.3, -0.25) is 0 Å². The molecule has 0 aromatic heterocycles. The number of rotatable bonds is 17. The van der Waals surface area contributed by atoms with Crippen LogP contribution in [0, 0.1) is 5.82 Å². The highest BCUT2D eigenvalue weighted by molar-refractivity contribution is 5.74. The first kappa shape index (κ1) is 31.8. The molecule has 0 saturated carbocycles. The van der Waals surface area contributed by atoms with E-state index in [0.717, 1.165) is 11.1 Å². The molecule has 2 aromatic rings. The van der Waals surface area contributed by atoms with Crippen molar-refractivity contribution in [1.29, 1.82) is 0 Å². The lowest BCUT2D eigenvalue weighted by Gasteiger charge is -2.23. The molecule has 216 valence electrons. The number of ether oxygens (including phenoxy) is 3. The molecule has 8 nitrogen and oxygen atoms in total. The van der Waals surface area contributed by atoms with Crippen molar-refractivity contribution in [2.75, 3.05) is 39.5 Å². The van der Waals surface area contributed by atoms with Crippen molar-refractivity contribution in [2.45, 2.75) is 45.1 Å². The SMILES string of the molecule is CCOC(Cc1ccc(OCCN(CCCCOCc2ccc(F)cc2)C(=O)NCC(F)(F)F)cc1)C(=O)O. The summed E-state index contributed by atoms with van der Waals surface area (Å²) in [5.41, 5.74) is 1.55. The molecule has 12 heteroatoms. The summed E-state index contributed by atoms with van der Waals surface area (Å²) >= 11 is 0. The zero-order valence-electron chi connectivity index (χ0n) is 21.7. The average Bonchev–Trinajstić information content (AvgIpc) is 2.89. The first-order valence-corrected chi connectivity index (χ1v) is 12.5. The summed E-state index contributed by atoms with van der Waals surface area (Å²) in [7, 11) is 0. The van der Waals surface area contributed by atoms with Crippen LogP contribution in [0.2, 0.25) is 0 Å². The molecule has 0 aliphatic carbocycles. The number of halogens is 4. The summed E-state index contributed by atoms with van der Waals surface area (Å²) in [6.07, 6.45) is -4.26.